The van der Waals surface area contributed by atoms with Crippen LogP contribution in [0.25, 0.3) is 11.3 Å². The lowest BCUT2D eigenvalue weighted by Crippen LogP contribution is -2.29. The van der Waals surface area contributed by atoms with Crippen molar-refractivity contribution in [2.24, 2.45) is 0 Å². The fourth-order valence-corrected chi connectivity index (χ4v) is 2.43. The molecule has 0 aliphatic heterocycles. The van der Waals surface area contributed by atoms with E-state index < -0.39 is 23.0 Å². The number of nitrogens with one attached hydrogen (secondary N) is 1. The van der Waals surface area contributed by atoms with Crippen molar-refractivity contribution in [3.05, 3.63) is 50.8 Å². The van der Waals surface area contributed by atoms with Crippen LogP contribution in [0, 0.1) is 10.1 Å². The van der Waals surface area contributed by atoms with E-state index in [9.17, 15) is 19.7 Å². The summed E-state index contributed by atoms with van der Waals surface area (Å²) in [5.74, 6) is -1.21. The van der Waals surface area contributed by atoms with Crippen LogP contribution in [0.4, 0.5) is 17.1 Å². The van der Waals surface area contributed by atoms with E-state index in [2.05, 4.69) is 5.32 Å². The molecule has 0 amide bonds. The molecule has 0 saturated carbocycles. The second-order valence-corrected chi connectivity index (χ2v) is 5.79. The van der Waals surface area contributed by atoms with Crippen LogP contribution in [0.15, 0.2) is 35.1 Å². The number of hydrogen-bond donors (Lipinski definition) is 3. The van der Waals surface area contributed by atoms with Gasteiger partial charge in [0, 0.05) is 29.4 Å². The average molecular weight is 346 g/mol. The molecule has 2 aromatic rings. The molecule has 0 radical (unpaired) electrons. The first-order chi connectivity index (χ1) is 11.7. The molecule has 25 heavy (non-hydrogen) atoms. The van der Waals surface area contributed by atoms with E-state index in [1.807, 2.05) is 13.8 Å². The first kappa shape index (κ1) is 18.0. The molecule has 132 valence electrons. The maximum absolute atomic E-state index is 12.6. The number of aliphatic carboxylic acids is 1. The quantitative estimate of drug-likeness (QED) is 0.412. The van der Waals surface area contributed by atoms with Crippen molar-refractivity contribution in [1.29, 1.82) is 0 Å². The number of anilines is 2. The summed E-state index contributed by atoms with van der Waals surface area (Å²) in [5.41, 5.74) is 5.84. The van der Waals surface area contributed by atoms with Gasteiger partial charge in [0.2, 0.25) is 0 Å². The molecule has 0 aliphatic carbocycles. The van der Waals surface area contributed by atoms with Gasteiger partial charge in [0.15, 0.2) is 0 Å². The van der Waals surface area contributed by atoms with E-state index in [0.29, 0.717) is 5.56 Å². The molecule has 2 rings (SSSR count). The van der Waals surface area contributed by atoms with Crippen molar-refractivity contribution in [1.82, 2.24) is 4.57 Å². The monoisotopic (exact) mass is 346 g/mol. The van der Waals surface area contributed by atoms with Crippen LogP contribution in [0.3, 0.4) is 0 Å². The summed E-state index contributed by atoms with van der Waals surface area (Å²) >= 11 is 0. The Bertz CT molecular complexity index is 889. The van der Waals surface area contributed by atoms with Gasteiger partial charge in [-0.3, -0.25) is 24.3 Å². The SMILES string of the molecule is CC(C)Nc1ccc(-c2cc(N)cc([N+](=O)[O-])c2)n(CC(=O)O)c1=O. The van der Waals surface area contributed by atoms with E-state index in [1.54, 1.807) is 0 Å². The van der Waals surface area contributed by atoms with Gasteiger partial charge in [0.05, 0.1) is 10.6 Å². The second kappa shape index (κ2) is 7.04. The number of benzene rings is 1. The Morgan fingerprint density at radius 3 is 2.60 bits per heavy atom. The Balaban J connectivity index is 2.68. The molecule has 9 heteroatoms. The number of carbonyl (C=O) groups is 1. The molecule has 9 nitrogen and oxygen atoms in total. The van der Waals surface area contributed by atoms with Crippen LogP contribution in [0.2, 0.25) is 0 Å². The maximum Gasteiger partial charge on any atom is 0.323 e. The van der Waals surface area contributed by atoms with Crippen LogP contribution in [-0.4, -0.2) is 26.6 Å². The number of pyridine rings is 1. The number of nitrogen functional groups attached to an aromatic ring is 1. The zero-order valence-electron chi connectivity index (χ0n) is 13.7. The molecule has 0 fully saturated rings. The molecule has 0 aliphatic rings. The molecule has 1 heterocycles. The summed E-state index contributed by atoms with van der Waals surface area (Å²) in [7, 11) is 0. The summed E-state index contributed by atoms with van der Waals surface area (Å²) in [6.45, 7) is 3.11. The van der Waals surface area contributed by atoms with Gasteiger partial charge in [0.25, 0.3) is 11.2 Å². The lowest BCUT2D eigenvalue weighted by Gasteiger charge is -2.16. The Morgan fingerprint density at radius 1 is 1.36 bits per heavy atom. The number of nitro groups is 1. The fraction of sp³-hybridized carbons (Fsp3) is 0.250. The number of hydrogen-bond acceptors (Lipinski definition) is 6. The van der Waals surface area contributed by atoms with Crippen molar-refractivity contribution < 1.29 is 14.8 Å². The minimum atomic E-state index is -1.21. The molecule has 0 atom stereocenters. The third kappa shape index (κ3) is 4.14. The summed E-state index contributed by atoms with van der Waals surface area (Å²) in [6.07, 6.45) is 0. The minimum Gasteiger partial charge on any atom is -0.480 e. The number of carboxylic acid groups (broad SMARTS) is 1. The summed E-state index contributed by atoms with van der Waals surface area (Å²) in [5, 5.41) is 23.1. The zero-order chi connectivity index (χ0) is 18.7. The Labute approximate surface area is 142 Å². The molecular formula is C16H18N4O5. The molecule has 0 bridgehead atoms. The number of aromatic nitrogens is 1. The maximum atomic E-state index is 12.6. The van der Waals surface area contributed by atoms with Crippen molar-refractivity contribution in [2.75, 3.05) is 11.1 Å². The van der Waals surface area contributed by atoms with Gasteiger partial charge in [-0.15, -0.1) is 0 Å². The fourth-order valence-electron chi connectivity index (χ4n) is 2.43. The zero-order valence-corrected chi connectivity index (χ0v) is 13.7. The first-order valence-electron chi connectivity index (χ1n) is 7.46. The van der Waals surface area contributed by atoms with E-state index in [-0.39, 0.29) is 28.8 Å². The largest absolute Gasteiger partial charge is 0.480 e. The van der Waals surface area contributed by atoms with Crippen LogP contribution in [0.1, 0.15) is 13.8 Å². The van der Waals surface area contributed by atoms with Gasteiger partial charge < -0.3 is 16.2 Å². The van der Waals surface area contributed by atoms with Gasteiger partial charge in [-0.25, -0.2) is 0 Å². The van der Waals surface area contributed by atoms with Crippen molar-refractivity contribution in [2.45, 2.75) is 26.4 Å². The summed E-state index contributed by atoms with van der Waals surface area (Å²) in [4.78, 5) is 34.2. The first-order valence-corrected chi connectivity index (χ1v) is 7.46. The highest BCUT2D eigenvalue weighted by molar-refractivity contribution is 5.72. The minimum absolute atomic E-state index is 0.0229. The van der Waals surface area contributed by atoms with Crippen LogP contribution < -0.4 is 16.6 Å². The molecular weight excluding hydrogens is 328 g/mol. The van der Waals surface area contributed by atoms with Crippen molar-refractivity contribution in [3.8, 4) is 11.3 Å². The van der Waals surface area contributed by atoms with E-state index in [1.165, 1.54) is 30.3 Å². The third-order valence-corrected chi connectivity index (χ3v) is 3.36. The molecule has 0 unspecified atom stereocenters. The number of rotatable bonds is 6. The van der Waals surface area contributed by atoms with Crippen molar-refractivity contribution in [3.63, 3.8) is 0 Å². The topological polar surface area (TPSA) is 140 Å². The molecule has 1 aromatic carbocycles. The van der Waals surface area contributed by atoms with Gasteiger partial charge in [0.1, 0.15) is 12.2 Å². The van der Waals surface area contributed by atoms with E-state index >= 15 is 0 Å². The molecule has 0 spiro atoms. The molecule has 4 N–H and O–H groups in total. The number of nitrogens with zero attached hydrogens (tertiary/aromatic N) is 2. The van der Waals surface area contributed by atoms with Gasteiger partial charge in [-0.1, -0.05) is 0 Å². The van der Waals surface area contributed by atoms with Gasteiger partial charge in [-0.2, -0.15) is 0 Å². The predicted octanol–water partition coefficient (Wildman–Crippen LogP) is 1.91. The Hall–Kier alpha value is -3.36. The summed E-state index contributed by atoms with van der Waals surface area (Å²) in [6, 6.07) is 6.93. The third-order valence-electron chi connectivity index (χ3n) is 3.36. The Kier molecular flexibility index (Phi) is 5.06. The number of non-ortho nitro benzene ring substituents is 1. The predicted molar refractivity (Wildman–Crippen MR) is 93.6 cm³/mol. The van der Waals surface area contributed by atoms with Crippen LogP contribution in [0.5, 0.6) is 0 Å². The summed E-state index contributed by atoms with van der Waals surface area (Å²) < 4.78 is 1.05. The normalized spacial score (nSPS) is 10.7. The highest BCUT2D eigenvalue weighted by Crippen LogP contribution is 2.27. The Morgan fingerprint density at radius 2 is 2.04 bits per heavy atom. The lowest BCUT2D eigenvalue weighted by molar-refractivity contribution is -0.384. The number of carboxylic acids is 1. The van der Waals surface area contributed by atoms with E-state index in [4.69, 9.17) is 10.8 Å². The lowest BCUT2D eigenvalue weighted by atomic mass is 10.1. The molecule has 0 saturated heterocycles. The second-order valence-electron chi connectivity index (χ2n) is 5.79. The van der Waals surface area contributed by atoms with Crippen LogP contribution >= 0.6 is 0 Å². The highest BCUT2D eigenvalue weighted by Gasteiger charge is 2.16. The van der Waals surface area contributed by atoms with Gasteiger partial charge >= 0.3 is 5.97 Å². The highest BCUT2D eigenvalue weighted by atomic mass is 16.6. The number of nitro benzene ring substituents is 1. The number of nitrogens with two attached hydrogens (primary N) is 1. The standard InChI is InChI=1S/C16H18N4O5/c1-9(2)18-13-3-4-14(19(16(13)23)8-15(21)22)10-5-11(17)7-12(6-10)20(24)25/h3-7,9,18H,8,17H2,1-2H3,(H,21,22). The average Bonchev–Trinajstić information content (AvgIpc) is 2.49. The molecule has 1 aromatic heterocycles. The smallest absolute Gasteiger partial charge is 0.323 e. The van der Waals surface area contributed by atoms with Crippen LogP contribution in [-0.2, 0) is 11.3 Å². The van der Waals surface area contributed by atoms with Crippen molar-refractivity contribution >= 4 is 23.0 Å². The van der Waals surface area contributed by atoms with E-state index in [0.717, 1.165) is 4.57 Å². The van der Waals surface area contributed by atoms with Gasteiger partial charge in [-0.05, 0) is 32.0 Å².